The zero-order valence-electron chi connectivity index (χ0n) is 17.1. The van der Waals surface area contributed by atoms with Crippen molar-refractivity contribution >= 4 is 17.8 Å². The fraction of sp³-hybridized carbons (Fsp3) is 0.174. The van der Waals surface area contributed by atoms with E-state index in [1.807, 2.05) is 5.32 Å². The van der Waals surface area contributed by atoms with Gasteiger partial charge in [-0.15, -0.1) is 0 Å². The van der Waals surface area contributed by atoms with E-state index in [1.54, 1.807) is 12.1 Å². The van der Waals surface area contributed by atoms with Crippen LogP contribution in [0.25, 0.3) is 0 Å². The first-order chi connectivity index (χ1) is 15.7. The second-order valence-corrected chi connectivity index (χ2v) is 7.40. The molecule has 1 aliphatic heterocycles. The van der Waals surface area contributed by atoms with Crippen molar-refractivity contribution in [1.29, 1.82) is 0 Å². The minimum absolute atomic E-state index is 0.147. The summed E-state index contributed by atoms with van der Waals surface area (Å²) in [5, 5.41) is 4.49. The molecular formula is C23H18F3N3O4. The smallest absolute Gasteiger partial charge is 0.425 e. The summed E-state index contributed by atoms with van der Waals surface area (Å²) in [4.78, 5) is 38.4. The van der Waals surface area contributed by atoms with Gasteiger partial charge >= 0.3 is 12.2 Å². The van der Waals surface area contributed by atoms with Gasteiger partial charge in [-0.1, -0.05) is 42.5 Å². The number of amides is 4. The van der Waals surface area contributed by atoms with Crippen LogP contribution in [0.1, 0.15) is 27.2 Å². The van der Waals surface area contributed by atoms with Gasteiger partial charge in [-0.2, -0.15) is 13.2 Å². The molecule has 1 saturated heterocycles. The van der Waals surface area contributed by atoms with Crippen molar-refractivity contribution < 1.29 is 32.0 Å². The molecule has 4 rings (SSSR count). The summed E-state index contributed by atoms with van der Waals surface area (Å²) in [6.07, 6.45) is -3.60. The monoisotopic (exact) mass is 457 g/mol. The van der Waals surface area contributed by atoms with Crippen LogP contribution in [0.2, 0.25) is 0 Å². The van der Waals surface area contributed by atoms with E-state index >= 15 is 0 Å². The van der Waals surface area contributed by atoms with Crippen LogP contribution in [0.4, 0.5) is 18.0 Å². The van der Waals surface area contributed by atoms with Gasteiger partial charge in [0, 0.05) is 5.56 Å². The molecule has 7 nitrogen and oxygen atoms in total. The van der Waals surface area contributed by atoms with E-state index in [9.17, 15) is 27.6 Å². The van der Waals surface area contributed by atoms with Crippen LogP contribution in [0.5, 0.6) is 0 Å². The van der Waals surface area contributed by atoms with Crippen molar-refractivity contribution in [2.45, 2.75) is 24.8 Å². The quantitative estimate of drug-likeness (QED) is 0.552. The topological polar surface area (TPSA) is 91.7 Å². The van der Waals surface area contributed by atoms with E-state index in [0.29, 0.717) is 16.2 Å². The highest BCUT2D eigenvalue weighted by Gasteiger charge is 2.68. The fourth-order valence-corrected chi connectivity index (χ4v) is 3.64. The average Bonchev–Trinajstić information content (AvgIpc) is 3.40. The summed E-state index contributed by atoms with van der Waals surface area (Å²) in [7, 11) is 0. The molecule has 2 aromatic carbocycles. The zero-order chi connectivity index (χ0) is 23.6. The highest BCUT2D eigenvalue weighted by molar-refractivity contribution is 6.08. The molecule has 1 fully saturated rings. The van der Waals surface area contributed by atoms with Crippen molar-refractivity contribution in [3.63, 3.8) is 0 Å². The lowest BCUT2D eigenvalue weighted by atomic mass is 9.89. The Morgan fingerprint density at radius 3 is 2.45 bits per heavy atom. The van der Waals surface area contributed by atoms with Gasteiger partial charge in [0.2, 0.25) is 5.54 Å². The second-order valence-electron chi connectivity index (χ2n) is 7.40. The number of halogens is 3. The number of urea groups is 1. The summed E-state index contributed by atoms with van der Waals surface area (Å²) in [5.74, 6) is -1.33. The number of hydrogen-bond donors (Lipinski definition) is 2. The number of furan rings is 1. The van der Waals surface area contributed by atoms with E-state index < -0.39 is 36.1 Å². The minimum Gasteiger partial charge on any atom is -0.467 e. The second kappa shape index (κ2) is 8.45. The third-order valence-electron chi connectivity index (χ3n) is 5.27. The summed E-state index contributed by atoms with van der Waals surface area (Å²) >= 11 is 0. The standard InChI is InChI=1S/C23H18F3N3O4/c24-23(25,26)22(17-8-2-1-3-9-17)20(31)29(21(32)28-22)14-15-6-4-7-16(12-15)19(30)27-13-18-10-5-11-33-18/h1-12H,13-14H2,(H,27,30)(H,28,32). The Morgan fingerprint density at radius 2 is 1.79 bits per heavy atom. The van der Waals surface area contributed by atoms with Gasteiger partial charge in [0.15, 0.2) is 0 Å². The Balaban J connectivity index is 1.56. The summed E-state index contributed by atoms with van der Waals surface area (Å²) in [5.41, 5.74) is -3.03. The highest BCUT2D eigenvalue weighted by atomic mass is 19.4. The lowest BCUT2D eigenvalue weighted by molar-refractivity contribution is -0.198. The molecule has 1 aromatic heterocycles. The largest absolute Gasteiger partial charge is 0.467 e. The minimum atomic E-state index is -5.07. The summed E-state index contributed by atoms with van der Waals surface area (Å²) in [6, 6.07) is 14.6. The summed E-state index contributed by atoms with van der Waals surface area (Å²) < 4.78 is 47.4. The molecule has 0 saturated carbocycles. The molecule has 2 N–H and O–H groups in total. The molecule has 10 heteroatoms. The van der Waals surface area contributed by atoms with E-state index in [4.69, 9.17) is 4.42 Å². The Labute approximate surface area is 186 Å². The number of carbonyl (C=O) groups is 3. The molecule has 3 aromatic rings. The number of benzene rings is 2. The lowest BCUT2D eigenvalue weighted by Crippen LogP contribution is -2.55. The van der Waals surface area contributed by atoms with E-state index in [0.717, 1.165) is 12.1 Å². The number of nitrogens with one attached hydrogen (secondary N) is 2. The van der Waals surface area contributed by atoms with E-state index in [1.165, 1.54) is 48.7 Å². The number of nitrogens with zero attached hydrogens (tertiary/aromatic N) is 1. The maximum absolute atomic E-state index is 14.1. The predicted molar refractivity (Wildman–Crippen MR) is 110 cm³/mol. The van der Waals surface area contributed by atoms with Crippen LogP contribution in [0.3, 0.4) is 0 Å². The molecular weight excluding hydrogens is 439 g/mol. The van der Waals surface area contributed by atoms with Crippen LogP contribution in [0.15, 0.2) is 77.4 Å². The van der Waals surface area contributed by atoms with Crippen molar-refractivity contribution in [3.8, 4) is 0 Å². The van der Waals surface area contributed by atoms with Gasteiger partial charge < -0.3 is 15.1 Å². The normalized spacial score (nSPS) is 18.3. The molecule has 1 atom stereocenters. The third-order valence-corrected chi connectivity index (χ3v) is 5.27. The zero-order valence-corrected chi connectivity index (χ0v) is 17.1. The number of alkyl halides is 3. The first-order valence-corrected chi connectivity index (χ1v) is 9.88. The Bertz CT molecular complexity index is 1180. The number of imide groups is 1. The molecule has 170 valence electrons. The van der Waals surface area contributed by atoms with Gasteiger partial charge in [-0.25, -0.2) is 4.79 Å². The first kappa shape index (κ1) is 22.1. The van der Waals surface area contributed by atoms with E-state index in [2.05, 4.69) is 5.32 Å². The Kier molecular flexibility index (Phi) is 5.67. The van der Waals surface area contributed by atoms with E-state index in [-0.39, 0.29) is 17.7 Å². The summed E-state index contributed by atoms with van der Waals surface area (Å²) in [6.45, 7) is -0.289. The van der Waals surface area contributed by atoms with Crippen LogP contribution >= 0.6 is 0 Å². The molecule has 1 unspecified atom stereocenters. The van der Waals surface area contributed by atoms with Crippen molar-refractivity contribution in [3.05, 3.63) is 95.4 Å². The maximum Gasteiger partial charge on any atom is 0.425 e. The van der Waals surface area contributed by atoms with Crippen molar-refractivity contribution in [2.24, 2.45) is 0 Å². The van der Waals surface area contributed by atoms with Crippen molar-refractivity contribution in [2.75, 3.05) is 0 Å². The predicted octanol–water partition coefficient (Wildman–Crippen LogP) is 3.72. The number of rotatable bonds is 6. The Hall–Kier alpha value is -4.08. The fourth-order valence-electron chi connectivity index (χ4n) is 3.64. The third kappa shape index (κ3) is 4.07. The van der Waals surface area contributed by atoms with Gasteiger partial charge in [0.1, 0.15) is 5.76 Å². The van der Waals surface area contributed by atoms with Crippen molar-refractivity contribution in [1.82, 2.24) is 15.5 Å². The lowest BCUT2D eigenvalue weighted by Gasteiger charge is -2.29. The highest BCUT2D eigenvalue weighted by Crippen LogP contribution is 2.43. The molecule has 33 heavy (non-hydrogen) atoms. The van der Waals surface area contributed by atoms with Gasteiger partial charge in [-0.05, 0) is 35.4 Å². The number of hydrogen-bond acceptors (Lipinski definition) is 4. The Morgan fingerprint density at radius 1 is 1.03 bits per heavy atom. The van der Waals surface area contributed by atoms with Gasteiger partial charge in [0.05, 0.1) is 19.4 Å². The molecule has 0 spiro atoms. The molecule has 2 heterocycles. The molecule has 1 aliphatic rings. The molecule has 0 aliphatic carbocycles. The van der Waals surface area contributed by atoms with Gasteiger partial charge in [0.25, 0.3) is 11.8 Å². The molecule has 4 amide bonds. The SMILES string of the molecule is O=C(NCc1ccco1)c1cccc(CN2C(=O)NC(c3ccccc3)(C(F)(F)F)C2=O)c1. The average molecular weight is 457 g/mol. The van der Waals surface area contributed by atoms with Crippen LogP contribution in [0, 0.1) is 0 Å². The van der Waals surface area contributed by atoms with Crippen LogP contribution in [-0.2, 0) is 23.4 Å². The number of carbonyl (C=O) groups excluding carboxylic acids is 3. The maximum atomic E-state index is 14.1. The first-order valence-electron chi connectivity index (χ1n) is 9.88. The van der Waals surface area contributed by atoms with Crippen LogP contribution in [-0.4, -0.2) is 28.9 Å². The van der Waals surface area contributed by atoms with Crippen LogP contribution < -0.4 is 10.6 Å². The van der Waals surface area contributed by atoms with Gasteiger partial charge in [-0.3, -0.25) is 14.5 Å². The molecule has 0 radical (unpaired) electrons. The molecule has 0 bridgehead atoms.